The Bertz CT molecular complexity index is 462. The van der Waals surface area contributed by atoms with E-state index in [0.29, 0.717) is 12.0 Å². The highest BCUT2D eigenvalue weighted by Gasteiger charge is 2.17. The van der Waals surface area contributed by atoms with Gasteiger partial charge in [-0.25, -0.2) is 4.39 Å². The number of carbonyl (C=O) groups is 2. The third-order valence-corrected chi connectivity index (χ3v) is 2.94. The molecule has 1 rings (SSSR count). The smallest absolute Gasteiger partial charge is 0.308 e. The summed E-state index contributed by atoms with van der Waals surface area (Å²) in [4.78, 5) is 22.4. The van der Waals surface area contributed by atoms with E-state index in [2.05, 4.69) is 5.32 Å². The van der Waals surface area contributed by atoms with E-state index in [1.165, 1.54) is 13.0 Å². The number of nitrogens with one attached hydrogen (secondary N) is 1. The van der Waals surface area contributed by atoms with Crippen LogP contribution in [-0.4, -0.2) is 23.5 Å². The molecule has 1 amide bonds. The largest absolute Gasteiger partial charge is 0.481 e. The normalized spacial score (nSPS) is 13.6. The number of amides is 1. The molecule has 0 saturated carbocycles. The predicted molar refractivity (Wildman–Crippen MR) is 69.1 cm³/mol. The van der Waals surface area contributed by atoms with Crippen LogP contribution in [0.4, 0.5) is 4.39 Å². The highest BCUT2D eigenvalue weighted by molar-refractivity contribution is 5.79. The fourth-order valence-corrected chi connectivity index (χ4v) is 1.60. The van der Waals surface area contributed by atoms with Gasteiger partial charge < -0.3 is 10.4 Å². The van der Waals surface area contributed by atoms with Crippen LogP contribution < -0.4 is 5.32 Å². The Morgan fingerprint density at radius 2 is 1.89 bits per heavy atom. The average Bonchev–Trinajstić information content (AvgIpc) is 2.37. The second kappa shape index (κ2) is 6.87. The molecule has 4 nitrogen and oxygen atoms in total. The Balaban J connectivity index is 2.50. The molecule has 0 spiro atoms. The highest BCUT2D eigenvalue weighted by Crippen LogP contribution is 2.12. The van der Waals surface area contributed by atoms with E-state index in [-0.39, 0.29) is 18.3 Å². The average molecular weight is 267 g/mol. The first-order chi connectivity index (χ1) is 8.91. The fourth-order valence-electron chi connectivity index (χ4n) is 1.60. The number of carbonyl (C=O) groups excluding carboxylic acids is 1. The van der Waals surface area contributed by atoms with Crippen molar-refractivity contribution < 1.29 is 19.1 Å². The van der Waals surface area contributed by atoms with E-state index in [1.807, 2.05) is 0 Å². The summed E-state index contributed by atoms with van der Waals surface area (Å²) in [5.41, 5.74) is 0.483. The van der Waals surface area contributed by atoms with Crippen molar-refractivity contribution in [3.05, 3.63) is 35.6 Å². The lowest BCUT2D eigenvalue weighted by molar-refractivity contribution is -0.141. The third-order valence-electron chi connectivity index (χ3n) is 2.94. The number of rotatable bonds is 6. The van der Waals surface area contributed by atoms with Gasteiger partial charge >= 0.3 is 5.97 Å². The maximum atomic E-state index is 13.4. The van der Waals surface area contributed by atoms with Crippen molar-refractivity contribution in [2.24, 2.45) is 11.8 Å². The van der Waals surface area contributed by atoms with Crippen molar-refractivity contribution in [3.63, 3.8) is 0 Å². The number of carboxylic acids is 1. The summed E-state index contributed by atoms with van der Waals surface area (Å²) in [5, 5.41) is 11.3. The van der Waals surface area contributed by atoms with Gasteiger partial charge in [0.25, 0.3) is 0 Å². The van der Waals surface area contributed by atoms with Crippen molar-refractivity contribution in [3.8, 4) is 0 Å². The first-order valence-electron chi connectivity index (χ1n) is 6.15. The Hall–Kier alpha value is -1.91. The molecule has 0 saturated heterocycles. The number of hydrogen-bond donors (Lipinski definition) is 2. The zero-order valence-corrected chi connectivity index (χ0v) is 11.0. The number of benzene rings is 1. The number of halogens is 1. The fraction of sp³-hybridized carbons (Fsp3) is 0.429. The van der Waals surface area contributed by atoms with Crippen molar-refractivity contribution in [1.82, 2.24) is 5.32 Å². The lowest BCUT2D eigenvalue weighted by Gasteiger charge is -2.14. The molecule has 1 aromatic carbocycles. The molecule has 19 heavy (non-hydrogen) atoms. The molecule has 2 unspecified atom stereocenters. The van der Waals surface area contributed by atoms with Gasteiger partial charge in [0.05, 0.1) is 5.92 Å². The van der Waals surface area contributed by atoms with E-state index >= 15 is 0 Å². The van der Waals surface area contributed by atoms with Gasteiger partial charge in [-0.05, 0) is 18.1 Å². The highest BCUT2D eigenvalue weighted by atomic mass is 19.1. The quantitative estimate of drug-likeness (QED) is 0.826. The molecule has 0 bridgehead atoms. The van der Waals surface area contributed by atoms with Gasteiger partial charge in [0, 0.05) is 12.5 Å². The van der Waals surface area contributed by atoms with Gasteiger partial charge in [-0.15, -0.1) is 0 Å². The second-order valence-electron chi connectivity index (χ2n) is 4.68. The minimum Gasteiger partial charge on any atom is -0.481 e. The summed E-state index contributed by atoms with van der Waals surface area (Å²) in [7, 11) is 0. The first-order valence-corrected chi connectivity index (χ1v) is 6.15. The molecule has 0 aliphatic carbocycles. The summed E-state index contributed by atoms with van der Waals surface area (Å²) < 4.78 is 13.4. The van der Waals surface area contributed by atoms with Crippen LogP contribution in [0.3, 0.4) is 0 Å². The molecule has 2 N–H and O–H groups in total. The van der Waals surface area contributed by atoms with Crippen molar-refractivity contribution >= 4 is 11.9 Å². The minimum atomic E-state index is -0.956. The van der Waals surface area contributed by atoms with Gasteiger partial charge in [-0.1, -0.05) is 32.0 Å². The van der Waals surface area contributed by atoms with E-state index in [0.717, 1.165) is 0 Å². The zero-order valence-electron chi connectivity index (χ0n) is 11.0. The summed E-state index contributed by atoms with van der Waals surface area (Å²) in [6, 6.07) is 6.30. The Labute approximate surface area is 111 Å². The van der Waals surface area contributed by atoms with E-state index in [4.69, 9.17) is 5.11 Å². The van der Waals surface area contributed by atoms with Gasteiger partial charge in [0.15, 0.2) is 0 Å². The molecule has 0 heterocycles. The lowest BCUT2D eigenvalue weighted by Crippen LogP contribution is -2.35. The molecule has 5 heteroatoms. The molecule has 0 aromatic heterocycles. The zero-order chi connectivity index (χ0) is 14.4. The van der Waals surface area contributed by atoms with E-state index in [9.17, 15) is 14.0 Å². The van der Waals surface area contributed by atoms with Crippen molar-refractivity contribution in [2.75, 3.05) is 6.54 Å². The maximum Gasteiger partial charge on any atom is 0.308 e. The number of hydrogen-bond acceptors (Lipinski definition) is 2. The lowest BCUT2D eigenvalue weighted by atomic mass is 9.99. The molecule has 2 atom stereocenters. The van der Waals surface area contributed by atoms with Gasteiger partial charge in [0.1, 0.15) is 5.82 Å². The Morgan fingerprint density at radius 3 is 2.47 bits per heavy atom. The van der Waals surface area contributed by atoms with Gasteiger partial charge in [0.2, 0.25) is 5.91 Å². The summed E-state index contributed by atoms with van der Waals surface area (Å²) in [6.45, 7) is 3.28. The van der Waals surface area contributed by atoms with Crippen LogP contribution in [0.5, 0.6) is 0 Å². The van der Waals surface area contributed by atoms with Crippen LogP contribution in [0.25, 0.3) is 0 Å². The Kier molecular flexibility index (Phi) is 5.48. The van der Waals surface area contributed by atoms with Gasteiger partial charge in [-0.3, -0.25) is 9.59 Å². The SMILES string of the molecule is CC(CNC(=O)C(C)Cc1ccccc1F)C(=O)O. The molecule has 1 aromatic rings. The van der Waals surface area contributed by atoms with Crippen LogP contribution in [0, 0.1) is 17.7 Å². The van der Waals surface area contributed by atoms with Crippen molar-refractivity contribution in [2.45, 2.75) is 20.3 Å². The van der Waals surface area contributed by atoms with E-state index < -0.39 is 17.8 Å². The minimum absolute atomic E-state index is 0.0791. The molecule has 0 aliphatic rings. The van der Waals surface area contributed by atoms with Crippen LogP contribution in [-0.2, 0) is 16.0 Å². The molecule has 0 aliphatic heterocycles. The van der Waals surface area contributed by atoms with Crippen LogP contribution in [0.2, 0.25) is 0 Å². The maximum absolute atomic E-state index is 13.4. The molecular weight excluding hydrogens is 249 g/mol. The third kappa shape index (κ3) is 4.69. The summed E-state index contributed by atoms with van der Waals surface area (Å²) in [6.07, 6.45) is 0.292. The standard InChI is InChI=1S/C14H18FNO3/c1-9(7-11-5-3-4-6-12(11)15)13(17)16-8-10(2)14(18)19/h3-6,9-10H,7-8H2,1-2H3,(H,16,17)(H,18,19). The molecular formula is C14H18FNO3. The van der Waals surface area contributed by atoms with Gasteiger partial charge in [-0.2, -0.15) is 0 Å². The molecule has 0 fully saturated rings. The van der Waals surface area contributed by atoms with Crippen LogP contribution >= 0.6 is 0 Å². The summed E-state index contributed by atoms with van der Waals surface area (Å²) in [5.74, 6) is -2.60. The summed E-state index contributed by atoms with van der Waals surface area (Å²) >= 11 is 0. The molecule has 0 radical (unpaired) electrons. The van der Waals surface area contributed by atoms with Crippen LogP contribution in [0.15, 0.2) is 24.3 Å². The van der Waals surface area contributed by atoms with Crippen LogP contribution in [0.1, 0.15) is 19.4 Å². The number of aliphatic carboxylic acids is 1. The van der Waals surface area contributed by atoms with Crippen molar-refractivity contribution in [1.29, 1.82) is 0 Å². The second-order valence-corrected chi connectivity index (χ2v) is 4.68. The number of carboxylic acid groups (broad SMARTS) is 1. The topological polar surface area (TPSA) is 66.4 Å². The monoisotopic (exact) mass is 267 g/mol. The van der Waals surface area contributed by atoms with E-state index in [1.54, 1.807) is 25.1 Å². The first kappa shape index (κ1) is 15.1. The molecule has 104 valence electrons. The Morgan fingerprint density at radius 1 is 1.26 bits per heavy atom. The predicted octanol–water partition coefficient (Wildman–Crippen LogP) is 1.84.